The van der Waals surface area contributed by atoms with Gasteiger partial charge in [0.1, 0.15) is 11.5 Å². The number of aliphatic hydroxyl groups excluding tert-OH is 1. The van der Waals surface area contributed by atoms with Gasteiger partial charge in [0.25, 0.3) is 0 Å². The second-order valence-corrected chi connectivity index (χ2v) is 9.46. The molecule has 1 aromatic carbocycles. The summed E-state index contributed by atoms with van der Waals surface area (Å²) >= 11 is 0. The number of carbonyl (C=O) groups is 1. The summed E-state index contributed by atoms with van der Waals surface area (Å²) < 4.78 is 17.3. The van der Waals surface area contributed by atoms with E-state index in [1.165, 1.54) is 0 Å². The van der Waals surface area contributed by atoms with Crippen LogP contribution in [0.3, 0.4) is 0 Å². The molecule has 4 rings (SSSR count). The Bertz CT molecular complexity index is 756. The van der Waals surface area contributed by atoms with Crippen molar-refractivity contribution in [1.29, 1.82) is 0 Å². The Labute approximate surface area is 172 Å². The van der Waals surface area contributed by atoms with Gasteiger partial charge in [-0.25, -0.2) is 0 Å². The van der Waals surface area contributed by atoms with Crippen molar-refractivity contribution in [3.8, 4) is 11.5 Å². The number of carbonyl (C=O) groups excluding carboxylic acids is 1. The van der Waals surface area contributed by atoms with E-state index in [0.717, 1.165) is 36.3 Å². The van der Waals surface area contributed by atoms with Crippen LogP contribution in [0.5, 0.6) is 11.5 Å². The molecule has 1 aliphatic heterocycles. The summed E-state index contributed by atoms with van der Waals surface area (Å²) in [6, 6.07) is 6.06. The van der Waals surface area contributed by atoms with Gasteiger partial charge in [-0.1, -0.05) is 13.8 Å². The molecule has 2 N–H and O–H groups in total. The molecule has 2 bridgehead atoms. The maximum Gasteiger partial charge on any atom is 0.222 e. The van der Waals surface area contributed by atoms with Gasteiger partial charge in [-0.3, -0.25) is 4.79 Å². The third-order valence-corrected chi connectivity index (χ3v) is 7.85. The first kappa shape index (κ1) is 20.5. The number of benzene rings is 1. The third-order valence-electron chi connectivity index (χ3n) is 7.85. The van der Waals surface area contributed by atoms with Crippen LogP contribution in [-0.4, -0.2) is 44.5 Å². The van der Waals surface area contributed by atoms with E-state index in [9.17, 15) is 9.90 Å². The lowest BCUT2D eigenvalue weighted by molar-refractivity contribution is -0.137. The Morgan fingerprint density at radius 1 is 1.24 bits per heavy atom. The summed E-state index contributed by atoms with van der Waals surface area (Å²) in [4.78, 5) is 12.4. The maximum absolute atomic E-state index is 12.4. The molecule has 1 spiro atoms. The van der Waals surface area contributed by atoms with Crippen molar-refractivity contribution in [3.05, 3.63) is 23.8 Å². The van der Waals surface area contributed by atoms with Gasteiger partial charge in [-0.05, 0) is 59.6 Å². The van der Waals surface area contributed by atoms with E-state index in [1.54, 1.807) is 14.2 Å². The van der Waals surface area contributed by atoms with Gasteiger partial charge in [0.05, 0.1) is 26.9 Å². The molecule has 3 aliphatic rings. The molecule has 6 heteroatoms. The van der Waals surface area contributed by atoms with E-state index in [0.29, 0.717) is 18.4 Å². The quantitative estimate of drug-likeness (QED) is 0.763. The van der Waals surface area contributed by atoms with E-state index in [4.69, 9.17) is 14.2 Å². The van der Waals surface area contributed by atoms with Gasteiger partial charge in [-0.15, -0.1) is 0 Å². The van der Waals surface area contributed by atoms with Gasteiger partial charge >= 0.3 is 0 Å². The summed E-state index contributed by atoms with van der Waals surface area (Å²) in [6.45, 7) is 5.13. The van der Waals surface area contributed by atoms with Crippen LogP contribution in [0.4, 0.5) is 0 Å². The van der Waals surface area contributed by atoms with E-state index >= 15 is 0 Å². The second-order valence-electron chi connectivity index (χ2n) is 9.46. The molecule has 2 aliphatic carbocycles. The molecular weight excluding hydrogens is 370 g/mol. The number of nitrogens with one attached hydrogen (secondary N) is 1. The first-order valence-corrected chi connectivity index (χ1v) is 10.6. The smallest absolute Gasteiger partial charge is 0.222 e. The van der Waals surface area contributed by atoms with Crippen LogP contribution in [0.15, 0.2) is 18.2 Å². The molecule has 0 unspecified atom stereocenters. The van der Waals surface area contributed by atoms with Crippen molar-refractivity contribution in [1.82, 2.24) is 5.32 Å². The van der Waals surface area contributed by atoms with E-state index < -0.39 is 0 Å². The molecule has 1 saturated heterocycles. The lowest BCUT2D eigenvalue weighted by atomic mass is 9.59. The summed E-state index contributed by atoms with van der Waals surface area (Å²) in [5, 5.41) is 12.5. The average Bonchev–Trinajstić information content (AvgIpc) is 3.20. The molecule has 5 atom stereocenters. The Balaban J connectivity index is 1.68. The Morgan fingerprint density at radius 3 is 2.55 bits per heavy atom. The summed E-state index contributed by atoms with van der Waals surface area (Å²) in [7, 11) is 3.32. The van der Waals surface area contributed by atoms with E-state index in [1.807, 2.05) is 18.2 Å². The van der Waals surface area contributed by atoms with E-state index in [2.05, 4.69) is 19.2 Å². The Morgan fingerprint density at radius 2 is 1.93 bits per heavy atom. The van der Waals surface area contributed by atoms with Crippen LogP contribution in [0.2, 0.25) is 0 Å². The standard InChI is InChI=1S/C23H33NO5/c1-22(2)15-11-18-20(14-9-16(27-3)12-17(10-14)28-4)29-8-6-23(18,13-15)21(22)24-19(26)5-7-25/h9-10,12,15,18,20-21,25H,5-8,11,13H2,1-4H3,(H,24,26)/t15-,18-,20-,21+,23-/m1/s1. The van der Waals surface area contributed by atoms with Crippen molar-refractivity contribution in [3.63, 3.8) is 0 Å². The van der Waals surface area contributed by atoms with Crippen molar-refractivity contribution in [2.45, 2.75) is 51.7 Å². The van der Waals surface area contributed by atoms with Crippen molar-refractivity contribution in [2.75, 3.05) is 27.4 Å². The fourth-order valence-electron chi connectivity index (χ4n) is 6.45. The second kappa shape index (κ2) is 7.47. The van der Waals surface area contributed by atoms with E-state index in [-0.39, 0.29) is 41.9 Å². The SMILES string of the molecule is COc1cc(OC)cc([C@H]2OCC[C@@]34C[C@@H](C[C@H]23)C(C)(C)[C@@H]4NC(=O)CCO)c1. The molecule has 1 amide bonds. The summed E-state index contributed by atoms with van der Waals surface area (Å²) in [5.74, 6) is 2.35. The molecule has 0 aromatic heterocycles. The molecule has 3 fully saturated rings. The Hall–Kier alpha value is -1.79. The van der Waals surface area contributed by atoms with Crippen LogP contribution in [0, 0.1) is 22.7 Å². The zero-order chi connectivity index (χ0) is 20.8. The highest BCUT2D eigenvalue weighted by molar-refractivity contribution is 5.76. The van der Waals surface area contributed by atoms with Crippen molar-refractivity contribution in [2.24, 2.45) is 22.7 Å². The topological polar surface area (TPSA) is 77.0 Å². The molecule has 1 aromatic rings. The lowest BCUT2D eigenvalue weighted by Crippen LogP contribution is -2.59. The van der Waals surface area contributed by atoms with Gasteiger partial charge < -0.3 is 24.6 Å². The van der Waals surface area contributed by atoms with Gasteiger partial charge in [0.2, 0.25) is 5.91 Å². The third kappa shape index (κ3) is 3.21. The molecule has 0 radical (unpaired) electrons. The largest absolute Gasteiger partial charge is 0.497 e. The number of rotatable bonds is 6. The minimum Gasteiger partial charge on any atom is -0.497 e. The molecular formula is C23H33NO5. The van der Waals surface area contributed by atoms with Crippen LogP contribution in [0.25, 0.3) is 0 Å². The maximum atomic E-state index is 12.4. The van der Waals surface area contributed by atoms with Crippen LogP contribution in [-0.2, 0) is 9.53 Å². The molecule has 1 heterocycles. The van der Waals surface area contributed by atoms with Crippen LogP contribution >= 0.6 is 0 Å². The van der Waals surface area contributed by atoms with Crippen molar-refractivity contribution < 1.29 is 24.1 Å². The summed E-state index contributed by atoms with van der Waals surface area (Å²) in [5.41, 5.74) is 1.14. The minimum atomic E-state index is -0.117. The van der Waals surface area contributed by atoms with Crippen LogP contribution in [0.1, 0.15) is 51.2 Å². The van der Waals surface area contributed by atoms with Crippen LogP contribution < -0.4 is 14.8 Å². The number of amides is 1. The highest BCUT2D eigenvalue weighted by Crippen LogP contribution is 2.70. The number of hydrogen-bond donors (Lipinski definition) is 2. The van der Waals surface area contributed by atoms with Crippen molar-refractivity contribution >= 4 is 5.91 Å². The Kier molecular flexibility index (Phi) is 5.28. The highest BCUT2D eigenvalue weighted by Gasteiger charge is 2.68. The highest BCUT2D eigenvalue weighted by atomic mass is 16.5. The monoisotopic (exact) mass is 403 g/mol. The number of aliphatic hydroxyl groups is 1. The van der Waals surface area contributed by atoms with Gasteiger partial charge in [-0.2, -0.15) is 0 Å². The molecule has 29 heavy (non-hydrogen) atoms. The number of fused-ring (bicyclic) bond motifs is 1. The zero-order valence-corrected chi connectivity index (χ0v) is 17.9. The number of methoxy groups -OCH3 is 2. The number of ether oxygens (including phenoxy) is 3. The normalized spacial score (nSPS) is 34.5. The first-order chi connectivity index (χ1) is 13.9. The molecule has 6 nitrogen and oxygen atoms in total. The predicted octanol–water partition coefficient (Wildman–Crippen LogP) is 3.08. The molecule has 160 valence electrons. The van der Waals surface area contributed by atoms with Gasteiger partial charge in [0.15, 0.2) is 0 Å². The minimum absolute atomic E-state index is 0.0263. The average molecular weight is 404 g/mol. The molecule has 2 saturated carbocycles. The zero-order valence-electron chi connectivity index (χ0n) is 17.9. The fourth-order valence-corrected chi connectivity index (χ4v) is 6.45. The number of hydrogen-bond acceptors (Lipinski definition) is 5. The first-order valence-electron chi connectivity index (χ1n) is 10.6. The predicted molar refractivity (Wildman–Crippen MR) is 109 cm³/mol. The lowest BCUT2D eigenvalue weighted by Gasteiger charge is -2.53. The fraction of sp³-hybridized carbons (Fsp3) is 0.696. The van der Waals surface area contributed by atoms with Gasteiger partial charge in [0, 0.05) is 25.1 Å². The summed E-state index contributed by atoms with van der Waals surface area (Å²) in [6.07, 6.45) is 3.30.